The number of amides is 1. The Morgan fingerprint density at radius 2 is 2.05 bits per heavy atom. The molecule has 2 rings (SSSR count). The van der Waals surface area contributed by atoms with Crippen LogP contribution in [0.25, 0.3) is 5.69 Å². The van der Waals surface area contributed by atoms with Gasteiger partial charge in [-0.15, -0.1) is 0 Å². The predicted octanol–water partition coefficient (Wildman–Crippen LogP) is 4.26. The van der Waals surface area contributed by atoms with E-state index in [1.165, 1.54) is 0 Å². The van der Waals surface area contributed by atoms with E-state index in [2.05, 4.69) is 12.2 Å². The summed E-state index contributed by atoms with van der Waals surface area (Å²) in [6.45, 7) is 2.07. The van der Waals surface area contributed by atoms with Gasteiger partial charge in [-0.3, -0.25) is 4.79 Å². The van der Waals surface area contributed by atoms with E-state index in [9.17, 15) is 4.79 Å². The van der Waals surface area contributed by atoms with Crippen LogP contribution in [-0.4, -0.2) is 10.5 Å². The standard InChI is InChI=1S/C15H17ClN2O/c1-2-3-6-15(19)17-13-8-7-12(16)11-14(13)18-9-4-5-10-18/h4-5,7-11H,2-3,6H2,1H3,(H,17,19). The van der Waals surface area contributed by atoms with Gasteiger partial charge in [-0.2, -0.15) is 0 Å². The summed E-state index contributed by atoms with van der Waals surface area (Å²) < 4.78 is 1.93. The number of carbonyl (C=O) groups excluding carboxylic acids is 1. The summed E-state index contributed by atoms with van der Waals surface area (Å²) >= 11 is 6.03. The normalized spacial score (nSPS) is 10.4. The molecule has 0 unspecified atom stereocenters. The van der Waals surface area contributed by atoms with Gasteiger partial charge in [-0.1, -0.05) is 24.9 Å². The van der Waals surface area contributed by atoms with Crippen molar-refractivity contribution in [3.63, 3.8) is 0 Å². The molecule has 19 heavy (non-hydrogen) atoms. The van der Waals surface area contributed by atoms with Gasteiger partial charge in [0.1, 0.15) is 0 Å². The number of halogens is 1. The van der Waals surface area contributed by atoms with Gasteiger partial charge in [0.2, 0.25) is 5.91 Å². The largest absolute Gasteiger partial charge is 0.324 e. The summed E-state index contributed by atoms with van der Waals surface area (Å²) in [5.74, 6) is 0.0394. The first-order valence-corrected chi connectivity index (χ1v) is 6.81. The number of benzene rings is 1. The summed E-state index contributed by atoms with van der Waals surface area (Å²) in [4.78, 5) is 11.8. The van der Waals surface area contributed by atoms with Crippen LogP contribution in [0.4, 0.5) is 5.69 Å². The molecule has 0 atom stereocenters. The number of nitrogens with zero attached hydrogens (tertiary/aromatic N) is 1. The molecule has 0 saturated carbocycles. The van der Waals surface area contributed by atoms with Crippen LogP contribution in [0.5, 0.6) is 0 Å². The lowest BCUT2D eigenvalue weighted by atomic mass is 10.2. The molecule has 0 spiro atoms. The van der Waals surface area contributed by atoms with Crippen LogP contribution >= 0.6 is 11.6 Å². The molecule has 100 valence electrons. The maximum Gasteiger partial charge on any atom is 0.224 e. The minimum absolute atomic E-state index is 0.0394. The lowest BCUT2D eigenvalue weighted by Gasteiger charge is -2.12. The highest BCUT2D eigenvalue weighted by atomic mass is 35.5. The molecule has 3 nitrogen and oxygen atoms in total. The average Bonchev–Trinajstić information content (AvgIpc) is 2.92. The van der Waals surface area contributed by atoms with Crippen molar-refractivity contribution in [2.24, 2.45) is 0 Å². The van der Waals surface area contributed by atoms with Crippen molar-refractivity contribution in [3.8, 4) is 5.69 Å². The Balaban J connectivity index is 2.23. The molecule has 0 radical (unpaired) electrons. The van der Waals surface area contributed by atoms with E-state index in [0.29, 0.717) is 11.4 Å². The average molecular weight is 277 g/mol. The summed E-state index contributed by atoms with van der Waals surface area (Å²) in [6.07, 6.45) is 6.31. The van der Waals surface area contributed by atoms with Crippen molar-refractivity contribution in [3.05, 3.63) is 47.7 Å². The second-order valence-corrected chi connectivity index (χ2v) is 4.84. The van der Waals surface area contributed by atoms with Gasteiger partial charge in [0.05, 0.1) is 11.4 Å². The van der Waals surface area contributed by atoms with Crippen LogP contribution in [0.15, 0.2) is 42.7 Å². The minimum Gasteiger partial charge on any atom is -0.324 e. The third kappa shape index (κ3) is 3.61. The zero-order valence-corrected chi connectivity index (χ0v) is 11.7. The molecule has 1 heterocycles. The fraction of sp³-hybridized carbons (Fsp3) is 0.267. The highest BCUT2D eigenvalue weighted by molar-refractivity contribution is 6.30. The zero-order chi connectivity index (χ0) is 13.7. The number of rotatable bonds is 5. The summed E-state index contributed by atoms with van der Waals surface area (Å²) in [6, 6.07) is 9.33. The van der Waals surface area contributed by atoms with Crippen LogP contribution in [0.3, 0.4) is 0 Å². The Labute approximate surface area is 118 Å². The van der Waals surface area contributed by atoms with E-state index in [1.807, 2.05) is 41.2 Å². The van der Waals surface area contributed by atoms with Crippen molar-refractivity contribution >= 4 is 23.2 Å². The molecule has 0 saturated heterocycles. The number of aromatic nitrogens is 1. The quantitative estimate of drug-likeness (QED) is 0.870. The van der Waals surface area contributed by atoms with Gasteiger partial charge in [-0.05, 0) is 36.8 Å². The Morgan fingerprint density at radius 3 is 2.74 bits per heavy atom. The number of hydrogen-bond donors (Lipinski definition) is 1. The molecule has 0 aliphatic heterocycles. The van der Waals surface area contributed by atoms with Gasteiger partial charge < -0.3 is 9.88 Å². The Kier molecular flexibility index (Phi) is 4.63. The highest BCUT2D eigenvalue weighted by Gasteiger charge is 2.08. The fourth-order valence-corrected chi connectivity index (χ4v) is 2.04. The molecule has 0 aliphatic carbocycles. The molecular formula is C15H17ClN2O. The van der Waals surface area contributed by atoms with Gasteiger partial charge >= 0.3 is 0 Å². The van der Waals surface area contributed by atoms with Crippen LogP contribution in [-0.2, 0) is 4.79 Å². The maximum absolute atomic E-state index is 11.8. The maximum atomic E-state index is 11.8. The van der Waals surface area contributed by atoms with E-state index in [-0.39, 0.29) is 5.91 Å². The smallest absolute Gasteiger partial charge is 0.224 e. The first-order chi connectivity index (χ1) is 9.20. The molecule has 4 heteroatoms. The molecular weight excluding hydrogens is 260 g/mol. The second-order valence-electron chi connectivity index (χ2n) is 4.40. The van der Waals surface area contributed by atoms with E-state index < -0.39 is 0 Å². The Bertz CT molecular complexity index is 549. The Morgan fingerprint density at radius 1 is 1.32 bits per heavy atom. The lowest BCUT2D eigenvalue weighted by Crippen LogP contribution is -2.12. The SMILES string of the molecule is CCCCC(=O)Nc1ccc(Cl)cc1-n1cccc1. The van der Waals surface area contributed by atoms with Gasteiger partial charge in [0, 0.05) is 23.8 Å². The first-order valence-electron chi connectivity index (χ1n) is 6.43. The molecule has 0 fully saturated rings. The first kappa shape index (κ1) is 13.7. The zero-order valence-electron chi connectivity index (χ0n) is 10.9. The highest BCUT2D eigenvalue weighted by Crippen LogP contribution is 2.24. The number of unbranched alkanes of at least 4 members (excludes halogenated alkanes) is 1. The molecule has 1 aromatic carbocycles. The molecule has 1 N–H and O–H groups in total. The number of hydrogen-bond acceptors (Lipinski definition) is 1. The fourth-order valence-electron chi connectivity index (χ4n) is 1.87. The lowest BCUT2D eigenvalue weighted by molar-refractivity contribution is -0.116. The number of carbonyl (C=O) groups is 1. The van der Waals surface area contributed by atoms with Gasteiger partial charge in [0.25, 0.3) is 0 Å². The van der Waals surface area contributed by atoms with Crippen LogP contribution < -0.4 is 5.32 Å². The number of anilines is 1. The third-order valence-electron chi connectivity index (χ3n) is 2.87. The van der Waals surface area contributed by atoms with Crippen molar-refractivity contribution in [1.29, 1.82) is 0 Å². The summed E-state index contributed by atoms with van der Waals surface area (Å²) in [5.41, 5.74) is 1.66. The predicted molar refractivity (Wildman–Crippen MR) is 78.9 cm³/mol. The van der Waals surface area contributed by atoms with Crippen molar-refractivity contribution in [2.45, 2.75) is 26.2 Å². The molecule has 1 aromatic heterocycles. The second kappa shape index (κ2) is 6.43. The van der Waals surface area contributed by atoms with Crippen molar-refractivity contribution < 1.29 is 4.79 Å². The van der Waals surface area contributed by atoms with E-state index in [4.69, 9.17) is 11.6 Å². The van der Waals surface area contributed by atoms with Crippen LogP contribution in [0, 0.1) is 0 Å². The molecule has 2 aromatic rings. The van der Waals surface area contributed by atoms with Gasteiger partial charge in [-0.25, -0.2) is 0 Å². The van der Waals surface area contributed by atoms with E-state index >= 15 is 0 Å². The molecule has 0 aliphatic rings. The monoisotopic (exact) mass is 276 g/mol. The van der Waals surface area contributed by atoms with Crippen molar-refractivity contribution in [1.82, 2.24) is 4.57 Å². The summed E-state index contributed by atoms with van der Waals surface area (Å²) in [5, 5.41) is 3.59. The Hall–Kier alpha value is -1.74. The van der Waals surface area contributed by atoms with E-state index in [1.54, 1.807) is 6.07 Å². The molecule has 0 bridgehead atoms. The summed E-state index contributed by atoms with van der Waals surface area (Å²) in [7, 11) is 0. The minimum atomic E-state index is 0.0394. The van der Waals surface area contributed by atoms with E-state index in [0.717, 1.165) is 24.2 Å². The van der Waals surface area contributed by atoms with Gasteiger partial charge in [0.15, 0.2) is 0 Å². The van der Waals surface area contributed by atoms with Crippen LogP contribution in [0.1, 0.15) is 26.2 Å². The van der Waals surface area contributed by atoms with Crippen molar-refractivity contribution in [2.75, 3.05) is 5.32 Å². The van der Waals surface area contributed by atoms with Crippen LogP contribution in [0.2, 0.25) is 5.02 Å². The third-order valence-corrected chi connectivity index (χ3v) is 3.11. The topological polar surface area (TPSA) is 34.0 Å². The molecule has 1 amide bonds. The number of nitrogens with one attached hydrogen (secondary N) is 1.